The largest absolute Gasteiger partial charge is 0.504 e. The summed E-state index contributed by atoms with van der Waals surface area (Å²) in [5.74, 6) is 0.157. The van der Waals surface area contributed by atoms with Crippen molar-refractivity contribution in [3.05, 3.63) is 138 Å². The van der Waals surface area contributed by atoms with Crippen LogP contribution >= 0.6 is 0 Å². The molecule has 12 nitrogen and oxygen atoms in total. The van der Waals surface area contributed by atoms with Gasteiger partial charge in [-0.2, -0.15) is 0 Å². The van der Waals surface area contributed by atoms with Crippen LogP contribution in [0.2, 0.25) is 0 Å². The number of ether oxygens (including phenoxy) is 1. The summed E-state index contributed by atoms with van der Waals surface area (Å²) in [7, 11) is 0. The fraction of sp³-hybridized carbons (Fsp3) is 0.200. The van der Waals surface area contributed by atoms with Gasteiger partial charge in [-0.3, -0.25) is 0 Å². The summed E-state index contributed by atoms with van der Waals surface area (Å²) in [6.45, 7) is 2.13. The highest BCUT2D eigenvalue weighted by molar-refractivity contribution is 5.46. The predicted molar refractivity (Wildman–Crippen MR) is 153 cm³/mol. The lowest BCUT2D eigenvalue weighted by Crippen LogP contribution is -2.46. The summed E-state index contributed by atoms with van der Waals surface area (Å²) in [6.07, 6.45) is 1.83. The number of nitrogens with zero attached hydrogens (tertiary/aromatic N) is 6. The molecule has 0 saturated heterocycles. The molecule has 212 valence electrons. The maximum atomic E-state index is 14.0. The Morgan fingerprint density at radius 1 is 0.762 bits per heavy atom. The molecule has 0 saturated carbocycles. The van der Waals surface area contributed by atoms with E-state index < -0.39 is 34.8 Å². The van der Waals surface area contributed by atoms with E-state index in [0.717, 1.165) is 9.13 Å². The number of hydrogen-bond acceptors (Lipinski definition) is 6. The molecule has 2 aliphatic rings. The van der Waals surface area contributed by atoms with Gasteiger partial charge >= 0.3 is 22.8 Å². The minimum absolute atomic E-state index is 0.0508. The molecule has 42 heavy (non-hydrogen) atoms. The summed E-state index contributed by atoms with van der Waals surface area (Å²) in [5.41, 5.74) is -0.108. The Hall–Kier alpha value is -5.52. The van der Waals surface area contributed by atoms with Crippen molar-refractivity contribution in [2.75, 3.05) is 6.61 Å². The van der Waals surface area contributed by atoms with Crippen molar-refractivity contribution in [2.45, 2.75) is 32.1 Å². The number of aromatic hydroxyl groups is 1. The Morgan fingerprint density at radius 2 is 1.36 bits per heavy atom. The van der Waals surface area contributed by atoms with Crippen molar-refractivity contribution in [1.29, 1.82) is 0 Å². The normalized spacial score (nSPS) is 17.2. The van der Waals surface area contributed by atoms with E-state index >= 15 is 0 Å². The van der Waals surface area contributed by atoms with Crippen molar-refractivity contribution in [3.8, 4) is 22.9 Å². The second-order valence-corrected chi connectivity index (χ2v) is 10.1. The van der Waals surface area contributed by atoms with Gasteiger partial charge in [-0.1, -0.05) is 48.5 Å². The van der Waals surface area contributed by atoms with Crippen LogP contribution in [0.5, 0.6) is 11.5 Å². The van der Waals surface area contributed by atoms with Crippen LogP contribution < -0.4 is 27.5 Å². The quantitative estimate of drug-likeness (QED) is 0.323. The van der Waals surface area contributed by atoms with Crippen molar-refractivity contribution in [2.24, 2.45) is 0 Å². The molecule has 2 aromatic heterocycles. The zero-order valence-corrected chi connectivity index (χ0v) is 22.5. The summed E-state index contributed by atoms with van der Waals surface area (Å²) < 4.78 is 13.3. The Kier molecular flexibility index (Phi) is 5.78. The number of allylic oxidation sites excluding steroid dienone is 2. The van der Waals surface area contributed by atoms with E-state index in [1.165, 1.54) is 24.8 Å². The molecule has 0 amide bonds. The first-order chi connectivity index (χ1) is 20.4. The molecule has 2 unspecified atom stereocenters. The Morgan fingerprint density at radius 3 is 1.98 bits per heavy atom. The number of phenolic OH excluding ortho intramolecular Hbond substituents is 1. The third-order valence-corrected chi connectivity index (χ3v) is 7.83. The maximum absolute atomic E-state index is 14.0. The van der Waals surface area contributed by atoms with Gasteiger partial charge in [-0.15, -0.1) is 0 Å². The molecule has 0 spiro atoms. The van der Waals surface area contributed by atoms with E-state index in [-0.39, 0.29) is 24.6 Å². The van der Waals surface area contributed by atoms with E-state index in [0.29, 0.717) is 29.1 Å². The van der Waals surface area contributed by atoms with Crippen LogP contribution in [-0.2, 0) is 13.1 Å². The van der Waals surface area contributed by atoms with Gasteiger partial charge in [0.1, 0.15) is 6.04 Å². The van der Waals surface area contributed by atoms with E-state index in [2.05, 4.69) is 0 Å². The highest BCUT2D eigenvalue weighted by Gasteiger charge is 2.41. The van der Waals surface area contributed by atoms with Gasteiger partial charge in [0.2, 0.25) is 0 Å². The van der Waals surface area contributed by atoms with Crippen molar-refractivity contribution in [1.82, 2.24) is 27.9 Å². The predicted octanol–water partition coefficient (Wildman–Crippen LogP) is 1.80. The molecule has 2 atom stereocenters. The number of fused-ring (bicyclic) bond motifs is 4. The molecule has 12 heteroatoms. The van der Waals surface area contributed by atoms with Gasteiger partial charge in [-0.05, 0) is 54.5 Å². The number of para-hydroxylation sites is 2. The number of rotatable bonds is 5. The van der Waals surface area contributed by atoms with Gasteiger partial charge in [0.05, 0.1) is 37.1 Å². The first-order valence-electron chi connectivity index (χ1n) is 13.6. The summed E-state index contributed by atoms with van der Waals surface area (Å²) in [4.78, 5) is 55.2. The van der Waals surface area contributed by atoms with Crippen LogP contribution in [0.25, 0.3) is 11.4 Å². The van der Waals surface area contributed by atoms with E-state index in [1.807, 2.05) is 6.08 Å². The monoisotopic (exact) mass is 566 g/mol. The van der Waals surface area contributed by atoms with Crippen molar-refractivity contribution in [3.63, 3.8) is 0 Å². The minimum atomic E-state index is -0.829. The Bertz CT molecular complexity index is 2110. The van der Waals surface area contributed by atoms with Crippen molar-refractivity contribution >= 4 is 0 Å². The first-order valence-corrected chi connectivity index (χ1v) is 13.6. The maximum Gasteiger partial charge on any atom is 0.352 e. The molecule has 3 aromatic carbocycles. The first kappa shape index (κ1) is 25.4. The van der Waals surface area contributed by atoms with Crippen LogP contribution in [0.15, 0.2) is 110 Å². The van der Waals surface area contributed by atoms with Gasteiger partial charge in [-0.25, -0.2) is 47.0 Å². The zero-order chi connectivity index (χ0) is 29.1. The zero-order valence-electron chi connectivity index (χ0n) is 22.5. The van der Waals surface area contributed by atoms with Crippen LogP contribution in [-0.4, -0.2) is 39.6 Å². The van der Waals surface area contributed by atoms with Crippen molar-refractivity contribution < 1.29 is 9.84 Å². The average Bonchev–Trinajstić information content (AvgIpc) is 3.42. The second kappa shape index (κ2) is 9.54. The minimum Gasteiger partial charge on any atom is -0.504 e. The highest BCUT2D eigenvalue weighted by Crippen LogP contribution is 2.41. The smallest absolute Gasteiger partial charge is 0.352 e. The highest BCUT2D eigenvalue weighted by atomic mass is 16.5. The molecular weight excluding hydrogens is 540 g/mol. The number of aromatic nitrogens is 6. The van der Waals surface area contributed by atoms with Crippen LogP contribution in [0.4, 0.5) is 0 Å². The molecule has 5 aromatic rings. The van der Waals surface area contributed by atoms with Gasteiger partial charge < -0.3 is 9.84 Å². The number of hydrogen-bond donors (Lipinski definition) is 1. The summed E-state index contributed by atoms with van der Waals surface area (Å²) in [6, 6.07) is 20.4. The van der Waals surface area contributed by atoms with E-state index in [1.54, 1.807) is 79.7 Å². The lowest BCUT2D eigenvalue weighted by atomic mass is 9.90. The Labute approximate surface area is 237 Å². The fourth-order valence-corrected chi connectivity index (χ4v) is 6.03. The molecule has 1 N–H and O–H groups in total. The van der Waals surface area contributed by atoms with E-state index in [9.17, 15) is 24.3 Å². The van der Waals surface area contributed by atoms with Crippen LogP contribution in [0, 0.1) is 0 Å². The second-order valence-electron chi connectivity index (χ2n) is 10.1. The topological polar surface area (TPSA) is 127 Å². The molecule has 0 bridgehead atoms. The lowest BCUT2D eigenvalue weighted by molar-refractivity contribution is 0.245. The van der Waals surface area contributed by atoms with Crippen LogP contribution in [0.1, 0.15) is 24.6 Å². The number of benzene rings is 3. The molecule has 4 heterocycles. The fourth-order valence-electron chi connectivity index (χ4n) is 6.03. The van der Waals surface area contributed by atoms with Gasteiger partial charge in [0, 0.05) is 0 Å². The Balaban J connectivity index is 1.49. The van der Waals surface area contributed by atoms with Gasteiger partial charge in [0.15, 0.2) is 11.5 Å². The van der Waals surface area contributed by atoms with Crippen LogP contribution in [0.3, 0.4) is 0 Å². The third kappa shape index (κ3) is 3.61. The molecule has 0 fully saturated rings. The SMILES string of the molecule is CCOc1cc(C2C3=CCn4c(=O)n(-c5ccccc5)c(=O)n4C3Cn3c(=O)n(-c4ccccc4)c(=O)n32)ccc1O. The molecule has 7 rings (SSSR count). The molecular formula is C30H26N6O6. The summed E-state index contributed by atoms with van der Waals surface area (Å²) >= 11 is 0. The summed E-state index contributed by atoms with van der Waals surface area (Å²) in [5, 5.41) is 10.4. The van der Waals surface area contributed by atoms with E-state index in [4.69, 9.17) is 4.74 Å². The lowest BCUT2D eigenvalue weighted by Gasteiger charge is -2.37. The third-order valence-electron chi connectivity index (χ3n) is 7.83. The number of phenols is 1. The molecule has 0 aliphatic carbocycles. The average molecular weight is 567 g/mol. The molecule has 2 aliphatic heterocycles. The standard InChI is InChI=1S/C30H26N6O6/c1-2-42-25-17-19(13-14-24(25)37)26-22-15-16-31-27(38)33(20-9-5-3-6-10-20)29(40)35(31)23(22)18-32-28(39)34(30(41)36(26)32)21-11-7-4-8-12-21/h3-15,17,23,26,37H,2,16,18H2,1H3. The molecule has 0 radical (unpaired) electrons. The van der Waals surface area contributed by atoms with Gasteiger partial charge in [0.25, 0.3) is 0 Å².